The minimum atomic E-state index is 0.630. The lowest BCUT2D eigenvalue weighted by molar-refractivity contribution is 0.445. The minimum Gasteiger partial charge on any atom is -0.314 e. The Balaban J connectivity index is 2.22. The van der Waals surface area contributed by atoms with Gasteiger partial charge in [0.1, 0.15) is 0 Å². The Morgan fingerprint density at radius 2 is 1.69 bits per heavy atom. The highest BCUT2D eigenvalue weighted by atomic mass is 14.9. The van der Waals surface area contributed by atoms with E-state index < -0.39 is 0 Å². The molecule has 1 unspecified atom stereocenters. The van der Waals surface area contributed by atoms with Gasteiger partial charge < -0.3 is 5.32 Å². The molecular weight excluding hydrogens is 194 g/mol. The summed E-state index contributed by atoms with van der Waals surface area (Å²) in [6.45, 7) is 10.0. The number of benzene rings is 1. The highest BCUT2D eigenvalue weighted by Crippen LogP contribution is 2.05. The van der Waals surface area contributed by atoms with Crippen LogP contribution in [0.15, 0.2) is 24.3 Å². The van der Waals surface area contributed by atoms with E-state index in [1.165, 1.54) is 17.5 Å². The van der Waals surface area contributed by atoms with Crippen molar-refractivity contribution in [1.82, 2.24) is 5.32 Å². The maximum absolute atomic E-state index is 3.58. The molecule has 1 atom stereocenters. The maximum atomic E-state index is 3.58. The first-order chi connectivity index (χ1) is 7.58. The lowest BCUT2D eigenvalue weighted by Gasteiger charge is -2.15. The zero-order chi connectivity index (χ0) is 12.0. The van der Waals surface area contributed by atoms with Crippen LogP contribution in [-0.2, 0) is 6.42 Å². The van der Waals surface area contributed by atoms with E-state index in [1.807, 2.05) is 0 Å². The Bertz CT molecular complexity index is 287. The number of hydrogen-bond acceptors (Lipinski definition) is 1. The molecule has 0 fully saturated rings. The molecule has 0 saturated carbocycles. The molecule has 0 amide bonds. The second-order valence-corrected chi connectivity index (χ2v) is 5.22. The van der Waals surface area contributed by atoms with Gasteiger partial charge in [0.2, 0.25) is 0 Å². The fraction of sp³-hybridized carbons (Fsp3) is 0.600. The van der Waals surface area contributed by atoms with Gasteiger partial charge >= 0.3 is 0 Å². The van der Waals surface area contributed by atoms with Gasteiger partial charge in [-0.15, -0.1) is 0 Å². The van der Waals surface area contributed by atoms with Crippen molar-refractivity contribution in [2.24, 2.45) is 5.92 Å². The molecule has 16 heavy (non-hydrogen) atoms. The van der Waals surface area contributed by atoms with Crippen molar-refractivity contribution < 1.29 is 0 Å². The molecule has 1 aromatic carbocycles. The molecule has 1 nitrogen and oxygen atoms in total. The summed E-state index contributed by atoms with van der Waals surface area (Å²) in [5.41, 5.74) is 2.76. The standard InChI is InChI=1S/C15H25N/c1-12(2)11-14(4)16-10-9-15-7-5-13(3)6-8-15/h5-8,12,14,16H,9-11H2,1-4H3. The van der Waals surface area contributed by atoms with Crippen molar-refractivity contribution >= 4 is 0 Å². The van der Waals surface area contributed by atoms with Crippen LogP contribution in [0.25, 0.3) is 0 Å². The summed E-state index contributed by atoms with van der Waals surface area (Å²) in [6, 6.07) is 9.46. The van der Waals surface area contributed by atoms with E-state index in [-0.39, 0.29) is 0 Å². The van der Waals surface area contributed by atoms with E-state index >= 15 is 0 Å². The highest BCUT2D eigenvalue weighted by molar-refractivity contribution is 5.21. The summed E-state index contributed by atoms with van der Waals surface area (Å²) in [4.78, 5) is 0. The first-order valence-electron chi connectivity index (χ1n) is 6.37. The first kappa shape index (κ1) is 13.2. The van der Waals surface area contributed by atoms with E-state index in [9.17, 15) is 0 Å². The molecule has 0 aromatic heterocycles. The molecule has 1 heteroatoms. The fourth-order valence-electron chi connectivity index (χ4n) is 2.01. The monoisotopic (exact) mass is 219 g/mol. The van der Waals surface area contributed by atoms with Gasteiger partial charge in [0, 0.05) is 6.04 Å². The maximum Gasteiger partial charge on any atom is 0.00412 e. The highest BCUT2D eigenvalue weighted by Gasteiger charge is 2.03. The predicted molar refractivity (Wildman–Crippen MR) is 71.8 cm³/mol. The number of nitrogens with one attached hydrogen (secondary N) is 1. The molecule has 1 rings (SSSR count). The summed E-state index contributed by atoms with van der Waals surface area (Å²) in [7, 11) is 0. The predicted octanol–water partition coefficient (Wildman–Crippen LogP) is 3.56. The summed E-state index contributed by atoms with van der Waals surface area (Å²) >= 11 is 0. The number of aryl methyl sites for hydroxylation is 1. The van der Waals surface area contributed by atoms with Gasteiger partial charge in [-0.3, -0.25) is 0 Å². The van der Waals surface area contributed by atoms with Gasteiger partial charge in [-0.2, -0.15) is 0 Å². The van der Waals surface area contributed by atoms with E-state index in [0.29, 0.717) is 6.04 Å². The van der Waals surface area contributed by atoms with Gasteiger partial charge in [0.05, 0.1) is 0 Å². The Kier molecular flexibility index (Phi) is 5.54. The van der Waals surface area contributed by atoms with Crippen LogP contribution >= 0.6 is 0 Å². The summed E-state index contributed by atoms with van der Waals surface area (Å²) in [6.07, 6.45) is 2.39. The molecule has 1 aromatic rings. The second kappa shape index (κ2) is 6.70. The van der Waals surface area contributed by atoms with Crippen LogP contribution in [0.4, 0.5) is 0 Å². The van der Waals surface area contributed by atoms with Crippen LogP contribution in [0.2, 0.25) is 0 Å². The molecule has 0 saturated heterocycles. The van der Waals surface area contributed by atoms with Crippen molar-refractivity contribution in [3.8, 4) is 0 Å². The van der Waals surface area contributed by atoms with E-state index in [4.69, 9.17) is 0 Å². The molecule has 0 radical (unpaired) electrons. The van der Waals surface area contributed by atoms with Gasteiger partial charge in [-0.25, -0.2) is 0 Å². The lowest BCUT2D eigenvalue weighted by Crippen LogP contribution is -2.29. The van der Waals surface area contributed by atoms with Gasteiger partial charge in [-0.05, 0) is 44.7 Å². The van der Waals surface area contributed by atoms with Crippen molar-refractivity contribution in [2.45, 2.75) is 46.6 Å². The van der Waals surface area contributed by atoms with E-state index in [2.05, 4.69) is 57.3 Å². The Labute approximate surface area is 100 Å². The molecule has 0 aliphatic rings. The SMILES string of the molecule is Cc1ccc(CCNC(C)CC(C)C)cc1. The van der Waals surface area contributed by atoms with Crippen molar-refractivity contribution in [1.29, 1.82) is 0 Å². The van der Waals surface area contributed by atoms with E-state index in [1.54, 1.807) is 0 Å². The fourth-order valence-corrected chi connectivity index (χ4v) is 2.01. The van der Waals surface area contributed by atoms with Crippen molar-refractivity contribution in [3.63, 3.8) is 0 Å². The Morgan fingerprint density at radius 1 is 1.06 bits per heavy atom. The lowest BCUT2D eigenvalue weighted by atomic mass is 10.0. The minimum absolute atomic E-state index is 0.630. The van der Waals surface area contributed by atoms with E-state index in [0.717, 1.165) is 18.9 Å². The normalized spacial score (nSPS) is 13.1. The first-order valence-corrected chi connectivity index (χ1v) is 6.37. The molecular formula is C15H25N. The molecule has 0 aliphatic carbocycles. The number of rotatable bonds is 6. The van der Waals surface area contributed by atoms with Crippen LogP contribution < -0.4 is 5.32 Å². The Hall–Kier alpha value is -0.820. The van der Waals surface area contributed by atoms with Gasteiger partial charge in [0.15, 0.2) is 0 Å². The summed E-state index contributed by atoms with van der Waals surface area (Å²) < 4.78 is 0. The van der Waals surface area contributed by atoms with Crippen molar-refractivity contribution in [3.05, 3.63) is 35.4 Å². The Morgan fingerprint density at radius 3 is 2.25 bits per heavy atom. The van der Waals surface area contributed by atoms with Crippen LogP contribution in [-0.4, -0.2) is 12.6 Å². The molecule has 0 aliphatic heterocycles. The summed E-state index contributed by atoms with van der Waals surface area (Å²) in [5.74, 6) is 0.780. The van der Waals surface area contributed by atoms with Crippen LogP contribution in [0, 0.1) is 12.8 Å². The second-order valence-electron chi connectivity index (χ2n) is 5.22. The number of hydrogen-bond donors (Lipinski definition) is 1. The summed E-state index contributed by atoms with van der Waals surface area (Å²) in [5, 5.41) is 3.58. The zero-order valence-corrected chi connectivity index (χ0v) is 11.1. The van der Waals surface area contributed by atoms with Crippen LogP contribution in [0.1, 0.15) is 38.3 Å². The average molecular weight is 219 g/mol. The third-order valence-corrected chi connectivity index (χ3v) is 2.85. The quantitative estimate of drug-likeness (QED) is 0.771. The molecule has 0 spiro atoms. The molecule has 90 valence electrons. The van der Waals surface area contributed by atoms with Crippen molar-refractivity contribution in [2.75, 3.05) is 6.54 Å². The topological polar surface area (TPSA) is 12.0 Å². The third-order valence-electron chi connectivity index (χ3n) is 2.85. The van der Waals surface area contributed by atoms with Crippen LogP contribution in [0.5, 0.6) is 0 Å². The average Bonchev–Trinajstić information content (AvgIpc) is 2.20. The van der Waals surface area contributed by atoms with Crippen LogP contribution in [0.3, 0.4) is 0 Å². The largest absolute Gasteiger partial charge is 0.314 e. The molecule has 0 bridgehead atoms. The molecule has 1 N–H and O–H groups in total. The zero-order valence-electron chi connectivity index (χ0n) is 11.1. The van der Waals surface area contributed by atoms with Gasteiger partial charge in [-0.1, -0.05) is 43.7 Å². The smallest absolute Gasteiger partial charge is 0.00412 e. The van der Waals surface area contributed by atoms with Gasteiger partial charge in [0.25, 0.3) is 0 Å². The third kappa shape index (κ3) is 5.32. The molecule has 0 heterocycles.